The summed E-state index contributed by atoms with van der Waals surface area (Å²) in [5, 5.41) is 2.57. The van der Waals surface area contributed by atoms with E-state index in [1.54, 1.807) is 26.8 Å². The Morgan fingerprint density at radius 1 is 1.19 bits per heavy atom. The van der Waals surface area contributed by atoms with E-state index in [1.807, 2.05) is 22.6 Å². The zero-order chi connectivity index (χ0) is 20.9. The van der Waals surface area contributed by atoms with Crippen molar-refractivity contribution in [3.05, 3.63) is 27.3 Å². The second-order valence-corrected chi connectivity index (χ2v) is 9.40. The van der Waals surface area contributed by atoms with Crippen molar-refractivity contribution in [2.24, 2.45) is 0 Å². The number of rotatable bonds is 7. The van der Waals surface area contributed by atoms with Gasteiger partial charge in [-0.15, -0.1) is 0 Å². The highest BCUT2D eigenvalue weighted by Gasteiger charge is 2.48. The normalized spacial score (nSPS) is 12.6. The first-order chi connectivity index (χ1) is 12.2. The molecule has 0 unspecified atom stereocenters. The van der Waals surface area contributed by atoms with E-state index in [0.717, 1.165) is 3.57 Å². The van der Waals surface area contributed by atoms with Crippen LogP contribution in [0.4, 0.5) is 18.0 Å². The third-order valence-corrected chi connectivity index (χ3v) is 4.68. The molecule has 0 aliphatic heterocycles. The summed E-state index contributed by atoms with van der Waals surface area (Å²) in [4.78, 5) is 11.5. The second kappa shape index (κ2) is 9.30. The summed E-state index contributed by atoms with van der Waals surface area (Å²) in [6.07, 6.45) is 0.751. The minimum Gasteiger partial charge on any atom is -0.444 e. The van der Waals surface area contributed by atoms with Gasteiger partial charge in [-0.2, -0.15) is 21.6 Å². The molecule has 0 saturated heterocycles. The molecule has 27 heavy (non-hydrogen) atoms. The van der Waals surface area contributed by atoms with Crippen LogP contribution in [0.2, 0.25) is 0 Å². The zero-order valence-electron chi connectivity index (χ0n) is 15.0. The SMILES string of the molecule is CC(C)(C)OC(=O)NCCCCc1cc(I)ccc1OS(=O)(=O)C(F)(F)F. The van der Waals surface area contributed by atoms with E-state index >= 15 is 0 Å². The number of benzene rings is 1. The van der Waals surface area contributed by atoms with E-state index in [4.69, 9.17) is 4.74 Å². The van der Waals surface area contributed by atoms with Crippen LogP contribution in [0.5, 0.6) is 5.75 Å². The highest BCUT2D eigenvalue weighted by atomic mass is 127. The van der Waals surface area contributed by atoms with E-state index in [2.05, 4.69) is 9.50 Å². The minimum absolute atomic E-state index is 0.287. The number of unbranched alkanes of at least 4 members (excludes halogenated alkanes) is 1. The van der Waals surface area contributed by atoms with Crippen LogP contribution in [0.25, 0.3) is 0 Å². The Bertz CT molecular complexity index is 760. The molecule has 0 fully saturated rings. The lowest BCUT2D eigenvalue weighted by molar-refractivity contribution is -0.0500. The molecule has 1 N–H and O–H groups in total. The van der Waals surface area contributed by atoms with Gasteiger partial charge in [-0.3, -0.25) is 0 Å². The molecule has 11 heteroatoms. The molecular weight excluding hydrogens is 502 g/mol. The van der Waals surface area contributed by atoms with Crippen molar-refractivity contribution in [2.75, 3.05) is 6.54 Å². The molecule has 6 nitrogen and oxygen atoms in total. The van der Waals surface area contributed by atoms with Crippen molar-refractivity contribution < 1.29 is 35.3 Å². The molecule has 154 valence electrons. The highest BCUT2D eigenvalue weighted by molar-refractivity contribution is 14.1. The van der Waals surface area contributed by atoms with E-state index in [9.17, 15) is 26.4 Å². The van der Waals surface area contributed by atoms with Gasteiger partial charge in [-0.05, 0) is 86.4 Å². The lowest BCUT2D eigenvalue weighted by Crippen LogP contribution is -2.33. The summed E-state index contributed by atoms with van der Waals surface area (Å²) in [6, 6.07) is 4.21. The lowest BCUT2D eigenvalue weighted by Gasteiger charge is -2.19. The molecule has 0 atom stereocenters. The maximum Gasteiger partial charge on any atom is 0.534 e. The third kappa shape index (κ3) is 8.54. The van der Waals surface area contributed by atoms with E-state index in [0.29, 0.717) is 24.9 Å². The summed E-state index contributed by atoms with van der Waals surface area (Å²) in [7, 11) is -5.73. The standard InChI is InChI=1S/C16H21F3INO5S/c1-15(2,3)25-14(22)21-9-5-4-6-11-10-12(20)7-8-13(11)26-27(23,24)16(17,18)19/h7-8,10H,4-6,9H2,1-3H3,(H,21,22). The fraction of sp³-hybridized carbons (Fsp3) is 0.562. The van der Waals surface area contributed by atoms with Gasteiger partial charge in [0, 0.05) is 10.1 Å². The molecule has 1 amide bonds. The van der Waals surface area contributed by atoms with Crippen LogP contribution < -0.4 is 9.50 Å². The van der Waals surface area contributed by atoms with E-state index in [-0.39, 0.29) is 12.2 Å². The maximum atomic E-state index is 12.5. The number of amides is 1. The highest BCUT2D eigenvalue weighted by Crippen LogP contribution is 2.30. The van der Waals surface area contributed by atoms with Crippen molar-refractivity contribution in [1.82, 2.24) is 5.32 Å². The number of alkyl halides is 3. The molecule has 0 saturated carbocycles. The molecule has 0 aromatic heterocycles. The van der Waals surface area contributed by atoms with E-state index in [1.165, 1.54) is 12.1 Å². The average molecular weight is 523 g/mol. The van der Waals surface area contributed by atoms with Crippen molar-refractivity contribution in [3.8, 4) is 5.75 Å². The summed E-state index contributed by atoms with van der Waals surface area (Å²) >= 11 is 1.96. The number of aryl methyl sites for hydroxylation is 1. The number of hydrogen-bond donors (Lipinski definition) is 1. The zero-order valence-corrected chi connectivity index (χ0v) is 18.0. The summed E-state index contributed by atoms with van der Waals surface area (Å²) in [5.74, 6) is -0.354. The number of halogens is 4. The van der Waals surface area contributed by atoms with Crippen molar-refractivity contribution in [2.45, 2.75) is 51.1 Å². The Labute approximate surface area is 170 Å². The van der Waals surface area contributed by atoms with Crippen LogP contribution >= 0.6 is 22.6 Å². The van der Waals surface area contributed by atoms with Gasteiger partial charge in [0.05, 0.1) is 0 Å². The Hall–Kier alpha value is -1.24. The molecule has 0 spiro atoms. The van der Waals surface area contributed by atoms with Crippen molar-refractivity contribution in [1.29, 1.82) is 0 Å². The number of nitrogens with one attached hydrogen (secondary N) is 1. The van der Waals surface area contributed by atoms with Crippen molar-refractivity contribution >= 4 is 38.8 Å². The maximum absolute atomic E-state index is 12.5. The molecule has 0 aliphatic rings. The number of ether oxygens (including phenoxy) is 1. The molecule has 0 bridgehead atoms. The fourth-order valence-electron chi connectivity index (χ4n) is 1.94. The average Bonchev–Trinajstić information content (AvgIpc) is 2.46. The number of hydrogen-bond acceptors (Lipinski definition) is 5. The predicted octanol–water partition coefficient (Wildman–Crippen LogP) is 4.37. The van der Waals surface area contributed by atoms with Gasteiger partial charge in [-0.25, -0.2) is 4.79 Å². The van der Waals surface area contributed by atoms with Crippen LogP contribution in [0.15, 0.2) is 18.2 Å². The topological polar surface area (TPSA) is 81.7 Å². The first kappa shape index (κ1) is 23.8. The molecule has 1 aromatic rings. The molecule has 0 aliphatic carbocycles. The van der Waals surface area contributed by atoms with Gasteiger partial charge in [0.25, 0.3) is 0 Å². The smallest absolute Gasteiger partial charge is 0.444 e. The molecule has 1 aromatic carbocycles. The fourth-order valence-corrected chi connectivity index (χ4v) is 2.98. The van der Waals surface area contributed by atoms with Gasteiger partial charge < -0.3 is 14.2 Å². The van der Waals surface area contributed by atoms with Crippen LogP contribution in [0.3, 0.4) is 0 Å². The van der Waals surface area contributed by atoms with Crippen LogP contribution in [0.1, 0.15) is 39.2 Å². The predicted molar refractivity (Wildman–Crippen MR) is 102 cm³/mol. The van der Waals surface area contributed by atoms with E-state index < -0.39 is 27.3 Å². The minimum atomic E-state index is -5.73. The number of carbonyl (C=O) groups excluding carboxylic acids is 1. The molecule has 1 rings (SSSR count). The summed E-state index contributed by atoms with van der Waals surface area (Å²) < 4.78 is 70.0. The van der Waals surface area contributed by atoms with Gasteiger partial charge in [-0.1, -0.05) is 0 Å². The summed E-state index contributed by atoms with van der Waals surface area (Å²) in [6.45, 7) is 5.52. The molecule has 0 heterocycles. The van der Waals surface area contributed by atoms with Crippen molar-refractivity contribution in [3.63, 3.8) is 0 Å². The van der Waals surface area contributed by atoms with Gasteiger partial charge in [0.15, 0.2) is 0 Å². The van der Waals surface area contributed by atoms with Gasteiger partial charge in [0.2, 0.25) is 0 Å². The number of alkyl carbamates (subject to hydrolysis) is 1. The van der Waals surface area contributed by atoms with Crippen LogP contribution in [-0.2, 0) is 21.3 Å². The molecule has 0 radical (unpaired) electrons. The first-order valence-corrected chi connectivity index (χ1v) is 10.5. The Balaban J connectivity index is 2.63. The monoisotopic (exact) mass is 523 g/mol. The van der Waals surface area contributed by atoms with Crippen LogP contribution in [0, 0.1) is 3.57 Å². The second-order valence-electron chi connectivity index (χ2n) is 6.62. The van der Waals surface area contributed by atoms with Crippen LogP contribution in [-0.4, -0.2) is 32.2 Å². The third-order valence-electron chi connectivity index (χ3n) is 3.05. The molecular formula is C16H21F3INO5S. The van der Waals surface area contributed by atoms with Gasteiger partial charge >= 0.3 is 21.7 Å². The Kier molecular flexibility index (Phi) is 8.20. The summed E-state index contributed by atoms with van der Waals surface area (Å²) in [5.41, 5.74) is -5.77. The quantitative estimate of drug-likeness (QED) is 0.249. The first-order valence-electron chi connectivity index (χ1n) is 7.97. The van der Waals surface area contributed by atoms with Gasteiger partial charge in [0.1, 0.15) is 11.4 Å². The lowest BCUT2D eigenvalue weighted by atomic mass is 10.1. The number of carbonyl (C=O) groups is 1. The Morgan fingerprint density at radius 2 is 1.81 bits per heavy atom. The Morgan fingerprint density at radius 3 is 2.37 bits per heavy atom. The largest absolute Gasteiger partial charge is 0.534 e.